The van der Waals surface area contributed by atoms with Crippen molar-refractivity contribution < 1.29 is 9.59 Å². The van der Waals surface area contributed by atoms with Gasteiger partial charge in [0.05, 0.1) is 11.5 Å². The Hall–Kier alpha value is -2.87. The molecule has 152 valence electrons. The van der Waals surface area contributed by atoms with Gasteiger partial charge in [-0.05, 0) is 43.9 Å². The molecule has 3 heterocycles. The lowest BCUT2D eigenvalue weighted by atomic mass is 9.92. The topological polar surface area (TPSA) is 107 Å². The zero-order chi connectivity index (χ0) is 20.5. The van der Waals surface area contributed by atoms with E-state index in [1.54, 1.807) is 18.2 Å². The molecule has 9 heteroatoms. The summed E-state index contributed by atoms with van der Waals surface area (Å²) in [4.78, 5) is 47.2. The van der Waals surface area contributed by atoms with E-state index in [4.69, 9.17) is 11.6 Å². The summed E-state index contributed by atoms with van der Waals surface area (Å²) in [5.74, 6) is -1.13. The Kier molecular flexibility index (Phi) is 5.27. The molecule has 2 amide bonds. The van der Waals surface area contributed by atoms with Crippen molar-refractivity contribution in [2.75, 3.05) is 28.6 Å². The Morgan fingerprint density at radius 2 is 2.00 bits per heavy atom. The van der Waals surface area contributed by atoms with Gasteiger partial charge in [-0.25, -0.2) is 0 Å². The monoisotopic (exact) mass is 415 g/mol. The average Bonchev–Trinajstić information content (AvgIpc) is 2.70. The summed E-state index contributed by atoms with van der Waals surface area (Å²) in [7, 11) is 0. The summed E-state index contributed by atoms with van der Waals surface area (Å²) >= 11 is 6.12. The molecular formula is C20H22ClN5O3. The van der Waals surface area contributed by atoms with Crippen molar-refractivity contribution in [1.29, 1.82) is 0 Å². The van der Waals surface area contributed by atoms with Gasteiger partial charge in [0.15, 0.2) is 0 Å². The van der Waals surface area contributed by atoms with E-state index in [9.17, 15) is 14.4 Å². The molecule has 0 bridgehead atoms. The van der Waals surface area contributed by atoms with Gasteiger partial charge < -0.3 is 15.5 Å². The molecule has 0 radical (unpaired) electrons. The normalized spacial score (nSPS) is 18.8. The van der Waals surface area contributed by atoms with Gasteiger partial charge in [-0.1, -0.05) is 17.7 Å². The summed E-state index contributed by atoms with van der Waals surface area (Å²) in [5.41, 5.74) is 1.17. The van der Waals surface area contributed by atoms with Crippen LogP contribution >= 0.6 is 11.6 Å². The summed E-state index contributed by atoms with van der Waals surface area (Å²) in [5, 5.41) is 5.92. The zero-order valence-corrected chi connectivity index (χ0v) is 16.8. The lowest BCUT2D eigenvalue weighted by Crippen LogP contribution is -2.38. The van der Waals surface area contributed by atoms with E-state index >= 15 is 0 Å². The lowest BCUT2D eigenvalue weighted by molar-refractivity contribution is -0.123. The Bertz CT molecular complexity index is 1030. The number of carbonyl (C=O) groups is 2. The quantitative estimate of drug-likeness (QED) is 0.714. The highest BCUT2D eigenvalue weighted by atomic mass is 35.5. The largest absolute Gasteiger partial charge is 0.342 e. The average molecular weight is 416 g/mol. The number of anilines is 3. The molecule has 2 aromatic rings. The summed E-state index contributed by atoms with van der Waals surface area (Å²) in [6.07, 6.45) is 3.08. The van der Waals surface area contributed by atoms with Crippen LogP contribution in [0.3, 0.4) is 0 Å². The van der Waals surface area contributed by atoms with E-state index in [2.05, 4.69) is 20.6 Å². The number of halogens is 1. The van der Waals surface area contributed by atoms with Crippen LogP contribution in [0.4, 0.5) is 17.5 Å². The van der Waals surface area contributed by atoms with Crippen LogP contribution in [-0.2, 0) is 9.59 Å². The molecule has 2 aliphatic rings. The number of hydrogen-bond donors (Lipinski definition) is 3. The van der Waals surface area contributed by atoms with Crippen molar-refractivity contribution in [2.24, 2.45) is 0 Å². The fraction of sp³-hybridized carbons (Fsp3) is 0.400. The molecule has 8 nitrogen and oxygen atoms in total. The van der Waals surface area contributed by atoms with Crippen LogP contribution in [0.2, 0.25) is 5.02 Å². The number of hydrogen-bond acceptors (Lipinski definition) is 5. The second-order valence-corrected chi connectivity index (χ2v) is 7.86. The number of nitrogens with one attached hydrogen (secondary N) is 3. The van der Waals surface area contributed by atoms with Crippen LogP contribution in [-0.4, -0.2) is 34.9 Å². The maximum atomic E-state index is 12.9. The molecule has 0 unspecified atom stereocenters. The highest BCUT2D eigenvalue weighted by Gasteiger charge is 2.35. The first kappa shape index (κ1) is 19.4. The molecule has 4 rings (SSSR count). The first-order valence-electron chi connectivity index (χ1n) is 9.68. The summed E-state index contributed by atoms with van der Waals surface area (Å²) in [6.45, 7) is 3.46. The molecule has 0 aliphatic carbocycles. The maximum absolute atomic E-state index is 12.9. The number of piperidine rings is 1. The third-order valence-electron chi connectivity index (χ3n) is 5.35. The molecule has 1 aromatic heterocycles. The minimum atomic E-state index is -0.925. The first-order valence-corrected chi connectivity index (χ1v) is 10.1. The minimum Gasteiger partial charge on any atom is -0.342 e. The standard InChI is InChI=1S/C20H22ClN5O3/c1-11-5-6-12(9-14(11)21)22-18(28)13-10-15(27)23-17-16(13)19(29)25-20(24-17)26-7-3-2-4-8-26/h5-6,9,13H,2-4,7-8,10H2,1H3,(H,22,28)(H2,23,24,25,27,29)/t13-/m0/s1. The van der Waals surface area contributed by atoms with Crippen LogP contribution in [0.5, 0.6) is 0 Å². The van der Waals surface area contributed by atoms with Gasteiger partial charge >= 0.3 is 0 Å². The van der Waals surface area contributed by atoms with Crippen LogP contribution < -0.4 is 21.1 Å². The van der Waals surface area contributed by atoms with Crippen LogP contribution in [0.15, 0.2) is 23.0 Å². The van der Waals surface area contributed by atoms with Crippen molar-refractivity contribution in [1.82, 2.24) is 9.97 Å². The smallest absolute Gasteiger partial charge is 0.258 e. The first-order chi connectivity index (χ1) is 13.9. The van der Waals surface area contributed by atoms with Gasteiger partial charge in [0, 0.05) is 30.2 Å². The fourth-order valence-corrected chi connectivity index (χ4v) is 3.92. The molecule has 2 aliphatic heterocycles. The van der Waals surface area contributed by atoms with E-state index in [-0.39, 0.29) is 23.7 Å². The number of rotatable bonds is 3. The Morgan fingerprint density at radius 3 is 2.72 bits per heavy atom. The molecular weight excluding hydrogens is 394 g/mol. The van der Waals surface area contributed by atoms with Crippen LogP contribution in [0.25, 0.3) is 0 Å². The third-order valence-corrected chi connectivity index (χ3v) is 5.76. The number of amides is 2. The second kappa shape index (κ2) is 7.87. The Labute approximate surface area is 172 Å². The zero-order valence-electron chi connectivity index (χ0n) is 16.0. The second-order valence-electron chi connectivity index (χ2n) is 7.46. The van der Waals surface area contributed by atoms with E-state index in [1.165, 1.54) is 0 Å². The molecule has 1 fully saturated rings. The molecule has 29 heavy (non-hydrogen) atoms. The highest BCUT2D eigenvalue weighted by molar-refractivity contribution is 6.31. The van der Waals surface area contributed by atoms with Crippen molar-refractivity contribution >= 4 is 40.9 Å². The molecule has 0 saturated carbocycles. The number of nitrogens with zero attached hydrogens (tertiary/aromatic N) is 2. The number of carbonyl (C=O) groups excluding carboxylic acids is 2. The number of benzene rings is 1. The highest BCUT2D eigenvalue weighted by Crippen LogP contribution is 2.31. The fourth-order valence-electron chi connectivity index (χ4n) is 3.74. The van der Waals surface area contributed by atoms with Crippen LogP contribution in [0.1, 0.15) is 42.7 Å². The number of aromatic nitrogens is 2. The van der Waals surface area contributed by atoms with Gasteiger partial charge in [-0.15, -0.1) is 0 Å². The minimum absolute atomic E-state index is 0.119. The Morgan fingerprint density at radius 1 is 1.24 bits per heavy atom. The SMILES string of the molecule is Cc1ccc(NC(=O)[C@H]2CC(=O)Nc3nc(N4CCCCC4)[nH]c(=O)c32)cc1Cl. The van der Waals surface area contributed by atoms with Crippen LogP contribution in [0, 0.1) is 6.92 Å². The Balaban J connectivity index is 1.64. The van der Waals surface area contributed by atoms with Gasteiger partial charge in [-0.2, -0.15) is 4.98 Å². The van der Waals surface area contributed by atoms with Gasteiger partial charge in [-0.3, -0.25) is 19.4 Å². The predicted octanol–water partition coefficient (Wildman–Crippen LogP) is 2.79. The van der Waals surface area contributed by atoms with Crippen molar-refractivity contribution in [3.63, 3.8) is 0 Å². The molecule has 1 atom stereocenters. The number of fused-ring (bicyclic) bond motifs is 1. The maximum Gasteiger partial charge on any atom is 0.258 e. The van der Waals surface area contributed by atoms with Gasteiger partial charge in [0.1, 0.15) is 5.82 Å². The predicted molar refractivity (Wildman–Crippen MR) is 112 cm³/mol. The van der Waals surface area contributed by atoms with Crippen molar-refractivity contribution in [3.8, 4) is 0 Å². The third kappa shape index (κ3) is 3.98. The van der Waals surface area contributed by atoms with Gasteiger partial charge in [0.2, 0.25) is 17.8 Å². The van der Waals surface area contributed by atoms with E-state index in [0.29, 0.717) is 16.7 Å². The summed E-state index contributed by atoms with van der Waals surface area (Å²) < 4.78 is 0. The van der Waals surface area contributed by atoms with E-state index in [0.717, 1.165) is 37.9 Å². The molecule has 0 spiro atoms. The van der Waals surface area contributed by atoms with Gasteiger partial charge in [0.25, 0.3) is 5.56 Å². The summed E-state index contributed by atoms with van der Waals surface area (Å²) in [6, 6.07) is 5.16. The lowest BCUT2D eigenvalue weighted by Gasteiger charge is -2.29. The van der Waals surface area contributed by atoms with Crippen molar-refractivity contribution in [2.45, 2.75) is 38.5 Å². The number of aromatic amines is 1. The molecule has 3 N–H and O–H groups in total. The number of H-pyrrole nitrogens is 1. The molecule has 1 aromatic carbocycles. The van der Waals surface area contributed by atoms with E-state index in [1.807, 2.05) is 11.8 Å². The number of aryl methyl sites for hydroxylation is 1. The molecule has 1 saturated heterocycles. The van der Waals surface area contributed by atoms with E-state index < -0.39 is 17.4 Å². The van der Waals surface area contributed by atoms with Crippen molar-refractivity contribution in [3.05, 3.63) is 44.7 Å².